The van der Waals surface area contributed by atoms with E-state index in [4.69, 9.17) is 19.5 Å². The molecule has 0 aromatic rings. The third-order valence-electron chi connectivity index (χ3n) is 5.26. The molecule has 0 radical (unpaired) electrons. The minimum atomic E-state index is 0.285. The first-order valence-corrected chi connectivity index (χ1v) is 10.1. The van der Waals surface area contributed by atoms with Crippen LogP contribution in [0.25, 0.3) is 0 Å². The molecule has 0 aromatic heterocycles. The molecule has 0 N–H and O–H groups in total. The highest BCUT2D eigenvalue weighted by Gasteiger charge is 2.34. The normalized spacial score (nSPS) is 23.4. The molecule has 0 aliphatic carbocycles. The monoisotopic (exact) mass is 336 g/mol. The van der Waals surface area contributed by atoms with Crippen LogP contribution in [0.1, 0.15) is 79.1 Å². The minimum Gasteiger partial charge on any atom is -0.472 e. The van der Waals surface area contributed by atoms with Crippen LogP contribution < -0.4 is 0 Å². The van der Waals surface area contributed by atoms with Gasteiger partial charge in [0.2, 0.25) is 0 Å². The van der Waals surface area contributed by atoms with Crippen LogP contribution in [0.2, 0.25) is 0 Å². The van der Waals surface area contributed by atoms with Crippen LogP contribution in [0.5, 0.6) is 0 Å². The molecule has 2 rings (SSSR count). The van der Waals surface area contributed by atoms with Crippen molar-refractivity contribution in [1.82, 2.24) is 0 Å². The summed E-state index contributed by atoms with van der Waals surface area (Å²) in [6.45, 7) is 10.4. The molecule has 0 fully saturated rings. The first kappa shape index (κ1) is 19.3. The Morgan fingerprint density at radius 3 is 1.33 bits per heavy atom. The molecule has 2 atom stereocenters. The van der Waals surface area contributed by atoms with E-state index in [1.165, 1.54) is 51.4 Å². The largest absolute Gasteiger partial charge is 0.472 e. The lowest BCUT2D eigenvalue weighted by Gasteiger charge is -2.18. The molecular weight excluding hydrogens is 300 g/mol. The molecule has 0 saturated heterocycles. The Morgan fingerprint density at radius 1 is 0.708 bits per heavy atom. The average Bonchev–Trinajstić information content (AvgIpc) is 3.24. The van der Waals surface area contributed by atoms with Crippen LogP contribution >= 0.6 is 0 Å². The summed E-state index contributed by atoms with van der Waals surface area (Å²) in [5.41, 5.74) is 0. The maximum absolute atomic E-state index is 5.87. The zero-order valence-corrected chi connectivity index (χ0v) is 16.1. The van der Waals surface area contributed by atoms with Crippen LogP contribution in [0.15, 0.2) is 9.98 Å². The van der Waals surface area contributed by atoms with Crippen molar-refractivity contribution in [3.05, 3.63) is 0 Å². The molecule has 138 valence electrons. The zero-order chi connectivity index (χ0) is 17.4. The van der Waals surface area contributed by atoms with Crippen LogP contribution in [-0.2, 0) is 9.47 Å². The Bertz CT molecular complexity index is 381. The van der Waals surface area contributed by atoms with Gasteiger partial charge in [0.25, 0.3) is 11.8 Å². The van der Waals surface area contributed by atoms with Crippen LogP contribution in [-0.4, -0.2) is 37.1 Å². The van der Waals surface area contributed by atoms with Gasteiger partial charge >= 0.3 is 0 Å². The summed E-state index contributed by atoms with van der Waals surface area (Å²) in [5.74, 6) is 2.57. The highest BCUT2D eigenvalue weighted by atomic mass is 16.5. The highest BCUT2D eigenvalue weighted by molar-refractivity contribution is 6.36. The van der Waals surface area contributed by atoms with Gasteiger partial charge in [-0.15, -0.1) is 0 Å². The molecule has 2 aliphatic rings. The second kappa shape index (κ2) is 10.0. The van der Waals surface area contributed by atoms with Gasteiger partial charge < -0.3 is 9.47 Å². The second-order valence-corrected chi connectivity index (χ2v) is 7.30. The Kier molecular flexibility index (Phi) is 8.07. The van der Waals surface area contributed by atoms with E-state index in [2.05, 4.69) is 27.7 Å². The fourth-order valence-electron chi connectivity index (χ4n) is 4.04. The summed E-state index contributed by atoms with van der Waals surface area (Å²) < 4.78 is 11.7. The molecule has 24 heavy (non-hydrogen) atoms. The first-order valence-electron chi connectivity index (χ1n) is 10.1. The number of hydrogen-bond donors (Lipinski definition) is 0. The predicted octanol–water partition coefficient (Wildman–Crippen LogP) is 5.01. The second-order valence-electron chi connectivity index (χ2n) is 7.30. The van der Waals surface area contributed by atoms with Gasteiger partial charge in [0.05, 0.1) is 12.1 Å². The lowest BCUT2D eigenvalue weighted by molar-refractivity contribution is 0.248. The lowest BCUT2D eigenvalue weighted by Crippen LogP contribution is -2.20. The number of hydrogen-bond acceptors (Lipinski definition) is 4. The van der Waals surface area contributed by atoms with Gasteiger partial charge in [-0.1, -0.05) is 53.4 Å². The summed E-state index contributed by atoms with van der Waals surface area (Å²) in [6, 6.07) is 0.569. The van der Waals surface area contributed by atoms with Crippen LogP contribution in [0.4, 0.5) is 0 Å². The molecule has 0 amide bonds. The Morgan fingerprint density at radius 2 is 1.04 bits per heavy atom. The molecular formula is C20H36N2O2. The van der Waals surface area contributed by atoms with E-state index in [0.29, 0.717) is 36.8 Å². The summed E-state index contributed by atoms with van der Waals surface area (Å²) in [6.07, 6.45) is 9.74. The van der Waals surface area contributed by atoms with Crippen molar-refractivity contribution in [1.29, 1.82) is 0 Å². The highest BCUT2D eigenvalue weighted by Crippen LogP contribution is 2.27. The molecule has 2 heterocycles. The first-order chi connectivity index (χ1) is 11.7. The Labute approximate surface area is 148 Å². The minimum absolute atomic E-state index is 0.285. The summed E-state index contributed by atoms with van der Waals surface area (Å²) in [4.78, 5) is 9.66. The van der Waals surface area contributed by atoms with E-state index < -0.39 is 0 Å². The molecule has 0 spiro atoms. The number of ether oxygens (including phenoxy) is 2. The van der Waals surface area contributed by atoms with Crippen molar-refractivity contribution >= 4 is 11.8 Å². The Hall–Kier alpha value is -1.06. The topological polar surface area (TPSA) is 43.2 Å². The average molecular weight is 337 g/mol. The van der Waals surface area contributed by atoms with E-state index in [9.17, 15) is 0 Å². The van der Waals surface area contributed by atoms with E-state index in [1.807, 2.05) is 0 Å². The maximum atomic E-state index is 5.87. The fraction of sp³-hybridized carbons (Fsp3) is 0.900. The van der Waals surface area contributed by atoms with Gasteiger partial charge in [-0.25, -0.2) is 9.98 Å². The molecule has 4 nitrogen and oxygen atoms in total. The van der Waals surface area contributed by atoms with Crippen molar-refractivity contribution in [2.24, 2.45) is 21.8 Å². The molecule has 2 aliphatic heterocycles. The van der Waals surface area contributed by atoms with E-state index in [0.717, 1.165) is 0 Å². The van der Waals surface area contributed by atoms with Crippen molar-refractivity contribution in [3.63, 3.8) is 0 Å². The van der Waals surface area contributed by atoms with Gasteiger partial charge in [-0.2, -0.15) is 0 Å². The lowest BCUT2D eigenvalue weighted by atomic mass is 9.91. The Balaban J connectivity index is 2.00. The van der Waals surface area contributed by atoms with Crippen LogP contribution in [0.3, 0.4) is 0 Å². The van der Waals surface area contributed by atoms with Gasteiger partial charge in [0.1, 0.15) is 13.2 Å². The van der Waals surface area contributed by atoms with Gasteiger partial charge in [0, 0.05) is 0 Å². The molecule has 0 bridgehead atoms. The molecule has 0 unspecified atom stereocenters. The third-order valence-corrected chi connectivity index (χ3v) is 5.26. The zero-order valence-electron chi connectivity index (χ0n) is 16.1. The van der Waals surface area contributed by atoms with Crippen molar-refractivity contribution < 1.29 is 9.47 Å². The van der Waals surface area contributed by atoms with E-state index in [-0.39, 0.29) is 12.1 Å². The van der Waals surface area contributed by atoms with Crippen molar-refractivity contribution in [3.8, 4) is 0 Å². The fourth-order valence-corrected chi connectivity index (χ4v) is 4.04. The molecule has 4 heteroatoms. The standard InChI is InChI=1S/C20H36N2O2/c1-5-9-15(10-6-2)17-13-23-19(21-17)20-22-18(14-24-20)16(11-7-3)12-8-4/h15-18H,5-14H2,1-4H3/t17-,18-/m1/s1. The van der Waals surface area contributed by atoms with Crippen molar-refractivity contribution in [2.45, 2.75) is 91.1 Å². The van der Waals surface area contributed by atoms with Gasteiger partial charge in [-0.3, -0.25) is 0 Å². The SMILES string of the molecule is CCCC(CCC)[C@H]1COC(C2=N[C@@H](C(CCC)CCC)CO2)=N1. The van der Waals surface area contributed by atoms with E-state index >= 15 is 0 Å². The van der Waals surface area contributed by atoms with Gasteiger partial charge in [-0.05, 0) is 37.5 Å². The smallest absolute Gasteiger partial charge is 0.273 e. The predicted molar refractivity (Wildman–Crippen MR) is 101 cm³/mol. The number of rotatable bonds is 11. The quantitative estimate of drug-likeness (QED) is 0.532. The summed E-state index contributed by atoms with van der Waals surface area (Å²) >= 11 is 0. The van der Waals surface area contributed by atoms with E-state index in [1.54, 1.807) is 0 Å². The number of nitrogens with zero attached hydrogens (tertiary/aromatic N) is 2. The summed E-state index contributed by atoms with van der Waals surface area (Å²) in [7, 11) is 0. The molecule has 0 saturated carbocycles. The third kappa shape index (κ3) is 4.97. The number of aliphatic imine (C=N–C) groups is 2. The van der Waals surface area contributed by atoms with Gasteiger partial charge in [0.15, 0.2) is 0 Å². The van der Waals surface area contributed by atoms with Crippen molar-refractivity contribution in [2.75, 3.05) is 13.2 Å². The maximum Gasteiger partial charge on any atom is 0.273 e. The molecule has 0 aromatic carbocycles. The summed E-state index contributed by atoms with van der Waals surface area (Å²) in [5, 5.41) is 0. The van der Waals surface area contributed by atoms with Crippen LogP contribution in [0, 0.1) is 11.8 Å².